The van der Waals surface area contributed by atoms with Crippen LogP contribution in [0, 0.1) is 5.92 Å². The highest BCUT2D eigenvalue weighted by Crippen LogP contribution is 2.29. The van der Waals surface area contributed by atoms with E-state index in [0.29, 0.717) is 27.8 Å². The molecular formula is C23H30ClN3O5S. The third kappa shape index (κ3) is 10.2. The summed E-state index contributed by atoms with van der Waals surface area (Å²) in [7, 11) is 4.80. The summed E-state index contributed by atoms with van der Waals surface area (Å²) in [6.07, 6.45) is 0.379. The molecule has 0 aliphatic rings. The van der Waals surface area contributed by atoms with Crippen LogP contribution in [-0.4, -0.2) is 49.9 Å². The first-order valence-electron chi connectivity index (χ1n) is 9.99. The second-order valence-corrected chi connectivity index (χ2v) is 8.64. The van der Waals surface area contributed by atoms with E-state index in [1.54, 1.807) is 70.7 Å². The molecule has 0 aromatic heterocycles. The van der Waals surface area contributed by atoms with E-state index in [0.717, 1.165) is 17.5 Å². The average molecular weight is 496 g/mol. The van der Waals surface area contributed by atoms with Gasteiger partial charge in [0.05, 0.1) is 7.11 Å². The lowest BCUT2D eigenvalue weighted by Crippen LogP contribution is -2.37. The number of carbonyl (C=O) groups excluding carboxylic acids is 3. The van der Waals surface area contributed by atoms with Crippen molar-refractivity contribution in [3.05, 3.63) is 53.1 Å². The van der Waals surface area contributed by atoms with Gasteiger partial charge in [-0.2, -0.15) is 0 Å². The minimum Gasteiger partial charge on any atom is -0.496 e. The van der Waals surface area contributed by atoms with Gasteiger partial charge >= 0.3 is 0 Å². The minimum atomic E-state index is -0.624. The molecule has 1 unspecified atom stereocenters. The Morgan fingerprint density at radius 1 is 1.15 bits per heavy atom. The van der Waals surface area contributed by atoms with Crippen LogP contribution in [0.5, 0.6) is 5.75 Å². The fourth-order valence-electron chi connectivity index (χ4n) is 2.83. The van der Waals surface area contributed by atoms with Crippen molar-refractivity contribution in [1.82, 2.24) is 4.31 Å². The summed E-state index contributed by atoms with van der Waals surface area (Å²) in [5.41, 5.74) is 6.75. The Morgan fingerprint density at radius 2 is 1.82 bits per heavy atom. The summed E-state index contributed by atoms with van der Waals surface area (Å²) in [6.45, 7) is 2.93. The van der Waals surface area contributed by atoms with Gasteiger partial charge in [0.25, 0.3) is 0 Å². The van der Waals surface area contributed by atoms with E-state index in [9.17, 15) is 14.4 Å². The monoisotopic (exact) mass is 495 g/mol. The molecule has 0 aliphatic carbocycles. The van der Waals surface area contributed by atoms with Crippen LogP contribution in [0.25, 0.3) is 0 Å². The number of hydrogen-bond acceptors (Lipinski definition) is 6. The SMILES string of the molecule is COC.COc1ccc(Cl)cc1CC(C)C(=O)N(CC(N)=O)Sc1cccc(NC(C)=O)c1. The molecule has 3 N–H and O–H groups in total. The Labute approximate surface area is 203 Å². The van der Waals surface area contributed by atoms with E-state index >= 15 is 0 Å². The minimum absolute atomic E-state index is 0.202. The molecule has 3 amide bonds. The summed E-state index contributed by atoms with van der Waals surface area (Å²) in [5, 5.41) is 3.23. The molecule has 0 saturated heterocycles. The lowest BCUT2D eigenvalue weighted by atomic mass is 9.99. The Hall–Kier alpha value is -2.75. The number of anilines is 1. The van der Waals surface area contributed by atoms with E-state index in [1.807, 2.05) is 0 Å². The van der Waals surface area contributed by atoms with Crippen LogP contribution < -0.4 is 15.8 Å². The van der Waals surface area contributed by atoms with Gasteiger partial charge in [-0.15, -0.1) is 0 Å². The molecular weight excluding hydrogens is 466 g/mol. The number of halogens is 1. The number of primary amides is 1. The van der Waals surface area contributed by atoms with E-state index in [-0.39, 0.29) is 18.4 Å². The Morgan fingerprint density at radius 3 is 2.39 bits per heavy atom. The molecule has 1 atom stereocenters. The van der Waals surface area contributed by atoms with Crippen LogP contribution in [-0.2, 0) is 25.5 Å². The number of nitrogens with zero attached hydrogens (tertiary/aromatic N) is 1. The first kappa shape index (κ1) is 28.3. The van der Waals surface area contributed by atoms with Crippen molar-refractivity contribution >= 4 is 47.0 Å². The van der Waals surface area contributed by atoms with Crippen LogP contribution in [0.15, 0.2) is 47.4 Å². The number of carbonyl (C=O) groups is 3. The lowest BCUT2D eigenvalue weighted by Gasteiger charge is -2.24. The molecule has 2 aromatic carbocycles. The van der Waals surface area contributed by atoms with E-state index < -0.39 is 11.8 Å². The second-order valence-electron chi connectivity index (χ2n) is 7.11. The van der Waals surface area contributed by atoms with Gasteiger partial charge < -0.3 is 20.5 Å². The maximum atomic E-state index is 13.1. The van der Waals surface area contributed by atoms with Gasteiger partial charge in [-0.25, -0.2) is 0 Å². The Bertz CT molecular complexity index is 957. The zero-order valence-electron chi connectivity index (χ0n) is 19.4. The van der Waals surface area contributed by atoms with Gasteiger partial charge in [-0.1, -0.05) is 24.6 Å². The van der Waals surface area contributed by atoms with Gasteiger partial charge in [0.15, 0.2) is 0 Å². The molecule has 8 nitrogen and oxygen atoms in total. The number of ether oxygens (including phenoxy) is 2. The lowest BCUT2D eigenvalue weighted by molar-refractivity contribution is -0.132. The van der Waals surface area contributed by atoms with Crippen molar-refractivity contribution < 1.29 is 23.9 Å². The Balaban J connectivity index is 0.00000172. The van der Waals surface area contributed by atoms with Gasteiger partial charge in [0.2, 0.25) is 17.7 Å². The first-order chi connectivity index (χ1) is 15.6. The molecule has 0 saturated carbocycles. The van der Waals surface area contributed by atoms with Crippen molar-refractivity contribution in [3.63, 3.8) is 0 Å². The number of hydrogen-bond donors (Lipinski definition) is 2. The fraction of sp³-hybridized carbons (Fsp3) is 0.348. The topological polar surface area (TPSA) is 111 Å². The van der Waals surface area contributed by atoms with Crippen molar-refractivity contribution in [2.45, 2.75) is 25.2 Å². The zero-order chi connectivity index (χ0) is 25.0. The van der Waals surface area contributed by atoms with E-state index in [4.69, 9.17) is 22.1 Å². The molecule has 0 fully saturated rings. The summed E-state index contributed by atoms with van der Waals surface area (Å²) < 4.78 is 10.9. The number of rotatable bonds is 9. The van der Waals surface area contributed by atoms with Gasteiger partial charge in [0, 0.05) is 42.7 Å². The van der Waals surface area contributed by atoms with Crippen LogP contribution in [0.1, 0.15) is 19.4 Å². The molecule has 0 bridgehead atoms. The summed E-state index contributed by atoms with van der Waals surface area (Å²) in [6, 6.07) is 12.2. The smallest absolute Gasteiger partial charge is 0.238 e. The number of nitrogens with one attached hydrogen (secondary N) is 1. The fourth-order valence-corrected chi connectivity index (χ4v) is 4.06. The maximum Gasteiger partial charge on any atom is 0.238 e. The third-order valence-corrected chi connectivity index (χ3v) is 5.33. The van der Waals surface area contributed by atoms with Gasteiger partial charge in [-0.05, 0) is 60.3 Å². The van der Waals surface area contributed by atoms with Crippen LogP contribution in [0.4, 0.5) is 5.69 Å². The normalized spacial score (nSPS) is 11.0. The highest BCUT2D eigenvalue weighted by Gasteiger charge is 2.25. The first-order valence-corrected chi connectivity index (χ1v) is 11.1. The highest BCUT2D eigenvalue weighted by molar-refractivity contribution is 7.97. The largest absolute Gasteiger partial charge is 0.496 e. The van der Waals surface area contributed by atoms with E-state index in [2.05, 4.69) is 10.1 Å². The molecule has 2 aromatic rings. The number of benzene rings is 2. The average Bonchev–Trinajstić information content (AvgIpc) is 2.73. The molecule has 0 spiro atoms. The van der Waals surface area contributed by atoms with Crippen molar-refractivity contribution in [3.8, 4) is 5.75 Å². The second kappa shape index (κ2) is 14.4. The van der Waals surface area contributed by atoms with Crippen molar-refractivity contribution in [2.24, 2.45) is 11.7 Å². The standard InChI is InChI=1S/C21H24ClN3O4S.C2H6O/c1-13(9-15-10-16(22)7-8-19(15)29-3)21(28)25(12-20(23)27)30-18-6-4-5-17(11-18)24-14(2)26;1-3-2/h4-8,10-11,13H,9,12H2,1-3H3,(H2,23,27)(H,24,26);1-2H3. The molecule has 180 valence electrons. The van der Waals surface area contributed by atoms with Gasteiger partial charge in [-0.3, -0.25) is 18.7 Å². The summed E-state index contributed by atoms with van der Waals surface area (Å²) in [4.78, 5) is 36.6. The van der Waals surface area contributed by atoms with Crippen molar-refractivity contribution in [2.75, 3.05) is 33.2 Å². The van der Waals surface area contributed by atoms with Crippen LogP contribution in [0.3, 0.4) is 0 Å². The predicted molar refractivity (Wildman–Crippen MR) is 131 cm³/mol. The third-order valence-electron chi connectivity index (χ3n) is 4.11. The number of methoxy groups -OCH3 is 2. The molecule has 0 aliphatic heterocycles. The molecule has 0 heterocycles. The summed E-state index contributed by atoms with van der Waals surface area (Å²) >= 11 is 7.17. The van der Waals surface area contributed by atoms with Gasteiger partial charge in [0.1, 0.15) is 12.3 Å². The van der Waals surface area contributed by atoms with E-state index in [1.165, 1.54) is 11.2 Å². The van der Waals surface area contributed by atoms with Crippen LogP contribution >= 0.6 is 23.5 Å². The number of nitrogens with two attached hydrogens (primary N) is 1. The quantitative estimate of drug-likeness (QED) is 0.512. The molecule has 33 heavy (non-hydrogen) atoms. The maximum absolute atomic E-state index is 13.1. The molecule has 0 radical (unpaired) electrons. The predicted octanol–water partition coefficient (Wildman–Crippen LogP) is 3.77. The molecule has 2 rings (SSSR count). The number of amides is 3. The highest BCUT2D eigenvalue weighted by atomic mass is 35.5. The zero-order valence-corrected chi connectivity index (χ0v) is 21.0. The molecule has 10 heteroatoms. The summed E-state index contributed by atoms with van der Waals surface area (Å²) in [5.74, 6) is -0.905. The van der Waals surface area contributed by atoms with Crippen molar-refractivity contribution in [1.29, 1.82) is 0 Å². The Kier molecular flexibility index (Phi) is 12.3. The van der Waals surface area contributed by atoms with Crippen LogP contribution in [0.2, 0.25) is 5.02 Å².